The van der Waals surface area contributed by atoms with Crippen LogP contribution in [-0.2, 0) is 0 Å². The highest BCUT2D eigenvalue weighted by Gasteiger charge is 2.44. The first-order valence-corrected chi connectivity index (χ1v) is 9.70. The van der Waals surface area contributed by atoms with E-state index in [1.807, 2.05) is 30.3 Å². The third-order valence-corrected chi connectivity index (χ3v) is 5.98. The minimum absolute atomic E-state index is 0. The van der Waals surface area contributed by atoms with Gasteiger partial charge in [-0.15, -0.1) is 12.4 Å². The number of rotatable bonds is 4. The van der Waals surface area contributed by atoms with Gasteiger partial charge in [0.15, 0.2) is 0 Å². The Kier molecular flexibility index (Phi) is 5.34. The lowest BCUT2D eigenvalue weighted by atomic mass is 9.87. The standard InChI is InChI=1S/C23H22F2N2O.ClH/c24-23(25,14-28)22(27-12-10-26-11-13-27)19-9-7-17-5-4-15-2-1-3-16-6-8-18(19)21(17)20(15)16;/h1-9,22,26,28H,10-14H2;1H/t22-;/m1./s1. The monoisotopic (exact) mass is 416 g/mol. The fraction of sp³-hybridized carbons (Fsp3) is 0.304. The first kappa shape index (κ1) is 20.2. The van der Waals surface area contributed by atoms with Gasteiger partial charge in [0.05, 0.1) is 0 Å². The number of nitrogens with zero attached hydrogens (tertiary/aromatic N) is 1. The van der Waals surface area contributed by atoms with Gasteiger partial charge in [0.2, 0.25) is 0 Å². The van der Waals surface area contributed by atoms with Gasteiger partial charge in [-0.05, 0) is 37.9 Å². The Morgan fingerprint density at radius 3 is 2.14 bits per heavy atom. The van der Waals surface area contributed by atoms with E-state index >= 15 is 0 Å². The molecule has 152 valence electrons. The van der Waals surface area contributed by atoms with Crippen LogP contribution in [0.3, 0.4) is 0 Å². The van der Waals surface area contributed by atoms with Crippen molar-refractivity contribution in [3.05, 3.63) is 60.2 Å². The third kappa shape index (κ3) is 3.22. The molecule has 3 nitrogen and oxygen atoms in total. The average molecular weight is 417 g/mol. The summed E-state index contributed by atoms with van der Waals surface area (Å²) in [6.07, 6.45) is 0. The molecule has 0 saturated carbocycles. The van der Waals surface area contributed by atoms with E-state index in [4.69, 9.17) is 0 Å². The summed E-state index contributed by atoms with van der Waals surface area (Å²) >= 11 is 0. The molecule has 0 spiro atoms. The quantitative estimate of drug-likeness (QED) is 0.478. The third-order valence-electron chi connectivity index (χ3n) is 5.98. The van der Waals surface area contributed by atoms with E-state index < -0.39 is 18.6 Å². The van der Waals surface area contributed by atoms with Crippen LogP contribution in [0.2, 0.25) is 0 Å². The number of hydrogen-bond acceptors (Lipinski definition) is 3. The number of halogens is 3. The van der Waals surface area contributed by atoms with E-state index in [9.17, 15) is 13.9 Å². The molecule has 1 heterocycles. The van der Waals surface area contributed by atoms with Crippen LogP contribution in [0, 0.1) is 0 Å². The van der Waals surface area contributed by atoms with Crippen LogP contribution in [0.1, 0.15) is 11.6 Å². The average Bonchev–Trinajstić information content (AvgIpc) is 2.73. The number of benzene rings is 4. The summed E-state index contributed by atoms with van der Waals surface area (Å²) in [5.41, 5.74) is 0.590. The normalized spacial score (nSPS) is 17.1. The van der Waals surface area contributed by atoms with Crippen molar-refractivity contribution in [1.82, 2.24) is 10.2 Å². The maximum atomic E-state index is 15.0. The van der Waals surface area contributed by atoms with E-state index in [1.54, 1.807) is 4.90 Å². The number of alkyl halides is 2. The smallest absolute Gasteiger partial charge is 0.289 e. The second-order valence-electron chi connectivity index (χ2n) is 7.62. The lowest BCUT2D eigenvalue weighted by Crippen LogP contribution is -2.51. The lowest BCUT2D eigenvalue weighted by molar-refractivity contribution is -0.118. The van der Waals surface area contributed by atoms with Crippen LogP contribution >= 0.6 is 12.4 Å². The Morgan fingerprint density at radius 1 is 0.897 bits per heavy atom. The van der Waals surface area contributed by atoms with Crippen LogP contribution in [0.15, 0.2) is 54.6 Å². The van der Waals surface area contributed by atoms with Crippen molar-refractivity contribution in [3.8, 4) is 0 Å². The summed E-state index contributed by atoms with van der Waals surface area (Å²) in [6, 6.07) is 16.9. The molecule has 2 N–H and O–H groups in total. The van der Waals surface area contributed by atoms with Gasteiger partial charge in [0, 0.05) is 26.2 Å². The van der Waals surface area contributed by atoms with Crippen molar-refractivity contribution in [1.29, 1.82) is 0 Å². The highest BCUT2D eigenvalue weighted by molar-refractivity contribution is 6.23. The molecule has 0 bridgehead atoms. The van der Waals surface area contributed by atoms with Crippen LogP contribution < -0.4 is 5.32 Å². The van der Waals surface area contributed by atoms with Crippen LogP contribution in [0.4, 0.5) is 8.78 Å². The van der Waals surface area contributed by atoms with E-state index in [0.717, 1.165) is 32.3 Å². The minimum atomic E-state index is -3.22. The van der Waals surface area contributed by atoms with Gasteiger partial charge in [-0.2, -0.15) is 0 Å². The van der Waals surface area contributed by atoms with Crippen molar-refractivity contribution in [2.75, 3.05) is 32.8 Å². The summed E-state index contributed by atoms with van der Waals surface area (Å²) in [6.45, 7) is 1.24. The second-order valence-corrected chi connectivity index (χ2v) is 7.62. The summed E-state index contributed by atoms with van der Waals surface area (Å²) in [7, 11) is 0. The van der Waals surface area contributed by atoms with Crippen molar-refractivity contribution >= 4 is 44.7 Å². The number of hydrogen-bond donors (Lipinski definition) is 2. The molecule has 0 aromatic heterocycles. The Hall–Kier alpha value is -2.05. The summed E-state index contributed by atoms with van der Waals surface area (Å²) in [5.74, 6) is -3.22. The molecule has 6 heteroatoms. The maximum Gasteiger partial charge on any atom is 0.289 e. The molecule has 1 saturated heterocycles. The molecule has 1 atom stereocenters. The van der Waals surface area contributed by atoms with Crippen LogP contribution in [0.25, 0.3) is 32.3 Å². The van der Waals surface area contributed by atoms with Crippen LogP contribution in [-0.4, -0.2) is 48.7 Å². The highest BCUT2D eigenvalue weighted by atomic mass is 35.5. The molecule has 0 aliphatic carbocycles. The molecule has 5 rings (SSSR count). The Bertz CT molecular complexity index is 1130. The zero-order valence-electron chi connectivity index (χ0n) is 15.9. The van der Waals surface area contributed by atoms with Crippen molar-refractivity contribution < 1.29 is 13.9 Å². The fourth-order valence-electron chi connectivity index (χ4n) is 4.71. The highest BCUT2D eigenvalue weighted by Crippen LogP contribution is 2.43. The predicted molar refractivity (Wildman–Crippen MR) is 117 cm³/mol. The first-order chi connectivity index (χ1) is 13.6. The number of nitrogens with one attached hydrogen (secondary N) is 1. The van der Waals surface area contributed by atoms with Crippen molar-refractivity contribution in [3.63, 3.8) is 0 Å². The summed E-state index contributed by atoms with van der Waals surface area (Å²) in [4.78, 5) is 1.80. The topological polar surface area (TPSA) is 35.5 Å². The maximum absolute atomic E-state index is 15.0. The molecule has 1 fully saturated rings. The molecule has 4 aromatic carbocycles. The fourth-order valence-corrected chi connectivity index (χ4v) is 4.71. The van der Waals surface area contributed by atoms with E-state index in [-0.39, 0.29) is 12.4 Å². The minimum Gasteiger partial charge on any atom is -0.390 e. The SMILES string of the molecule is Cl.OCC(F)(F)[C@@H](c1ccc2ccc3cccc4ccc1c2c34)N1CCNCC1. The number of aliphatic hydroxyl groups excluding tert-OH is 1. The zero-order chi connectivity index (χ0) is 19.3. The molecular formula is C23H23ClF2N2O. The van der Waals surface area contributed by atoms with Crippen molar-refractivity contribution in [2.45, 2.75) is 12.0 Å². The molecular weight excluding hydrogens is 394 g/mol. The molecule has 29 heavy (non-hydrogen) atoms. The summed E-state index contributed by atoms with van der Waals surface area (Å²) < 4.78 is 30.0. The van der Waals surface area contributed by atoms with Gasteiger partial charge >= 0.3 is 0 Å². The van der Waals surface area contributed by atoms with Gasteiger partial charge in [0.25, 0.3) is 5.92 Å². The Balaban J connectivity index is 0.00000205. The van der Waals surface area contributed by atoms with E-state index in [0.29, 0.717) is 31.7 Å². The van der Waals surface area contributed by atoms with E-state index in [2.05, 4.69) is 29.6 Å². The van der Waals surface area contributed by atoms with E-state index in [1.165, 1.54) is 0 Å². The summed E-state index contributed by atoms with van der Waals surface area (Å²) in [5, 5.41) is 19.0. The number of aliphatic hydroxyl groups is 1. The van der Waals surface area contributed by atoms with Gasteiger partial charge in [-0.25, -0.2) is 8.78 Å². The molecule has 0 amide bonds. The number of piperazine rings is 1. The van der Waals surface area contributed by atoms with Gasteiger partial charge in [-0.3, -0.25) is 4.90 Å². The van der Waals surface area contributed by atoms with Gasteiger partial charge in [-0.1, -0.05) is 54.6 Å². The second kappa shape index (κ2) is 7.65. The van der Waals surface area contributed by atoms with Crippen molar-refractivity contribution in [2.24, 2.45) is 0 Å². The van der Waals surface area contributed by atoms with Gasteiger partial charge < -0.3 is 10.4 Å². The Morgan fingerprint density at radius 2 is 1.48 bits per heavy atom. The predicted octanol–water partition coefficient (Wildman–Crippen LogP) is 4.58. The molecule has 0 radical (unpaired) electrons. The van der Waals surface area contributed by atoms with Crippen LogP contribution in [0.5, 0.6) is 0 Å². The zero-order valence-corrected chi connectivity index (χ0v) is 16.7. The molecule has 1 aliphatic heterocycles. The molecule has 0 unspecified atom stereocenters. The molecule has 1 aliphatic rings. The largest absolute Gasteiger partial charge is 0.390 e. The first-order valence-electron chi connectivity index (χ1n) is 9.70. The van der Waals surface area contributed by atoms with Gasteiger partial charge in [0.1, 0.15) is 12.6 Å². The Labute approximate surface area is 174 Å². The lowest BCUT2D eigenvalue weighted by Gasteiger charge is -2.39. The molecule has 4 aromatic rings.